The highest BCUT2D eigenvalue weighted by atomic mass is 16.5. The normalized spacial score (nSPS) is 20.2. The number of guanidine groups is 1. The first-order chi connectivity index (χ1) is 13.3. The van der Waals surface area contributed by atoms with E-state index < -0.39 is 0 Å². The summed E-state index contributed by atoms with van der Waals surface area (Å²) in [6.45, 7) is 7.84. The van der Waals surface area contributed by atoms with Crippen molar-refractivity contribution in [3.63, 3.8) is 0 Å². The van der Waals surface area contributed by atoms with Gasteiger partial charge in [-0.25, -0.2) is 4.99 Å². The molecule has 1 aromatic carbocycles. The number of fused-ring (bicyclic) bond motifs is 1. The van der Waals surface area contributed by atoms with Crippen LogP contribution in [0.4, 0.5) is 0 Å². The molecule has 150 valence electrons. The third kappa shape index (κ3) is 6.70. The molecule has 2 N–H and O–H groups in total. The molecule has 2 aliphatic rings. The fourth-order valence-corrected chi connectivity index (χ4v) is 3.43. The predicted molar refractivity (Wildman–Crippen MR) is 108 cm³/mol. The third-order valence-corrected chi connectivity index (χ3v) is 4.96. The molecule has 0 spiro atoms. The molecule has 1 saturated heterocycles. The minimum absolute atomic E-state index is 0.126. The zero-order valence-corrected chi connectivity index (χ0v) is 16.4. The quantitative estimate of drug-likeness (QED) is 0.394. The number of ether oxygens (including phenoxy) is 3. The standard InChI is InChI=1S/C21H33N3O3/c1-2-22-21(23-10-5-11-26-16-17-8-12-25-13-9-17)24-15-19-14-18-6-3-4-7-20(18)27-19/h3-4,6-7,17,19H,2,5,8-16H2,1H3,(H2,22,23,24). The second-order valence-electron chi connectivity index (χ2n) is 7.18. The van der Waals surface area contributed by atoms with E-state index in [-0.39, 0.29) is 6.10 Å². The van der Waals surface area contributed by atoms with Crippen LogP contribution in [0.3, 0.4) is 0 Å². The SMILES string of the molecule is CCNC(=NCC1Cc2ccccc2O1)NCCCOCC1CCOCC1. The topological polar surface area (TPSA) is 64.1 Å². The van der Waals surface area contributed by atoms with E-state index in [0.29, 0.717) is 12.5 Å². The molecule has 3 rings (SSSR count). The summed E-state index contributed by atoms with van der Waals surface area (Å²) in [6, 6.07) is 8.23. The number of rotatable bonds is 9. The fourth-order valence-electron chi connectivity index (χ4n) is 3.43. The highest BCUT2D eigenvalue weighted by molar-refractivity contribution is 5.79. The molecule has 0 saturated carbocycles. The monoisotopic (exact) mass is 375 g/mol. The number of nitrogens with zero attached hydrogens (tertiary/aromatic N) is 1. The van der Waals surface area contributed by atoms with Crippen molar-refractivity contribution in [1.82, 2.24) is 10.6 Å². The van der Waals surface area contributed by atoms with Gasteiger partial charge in [0.15, 0.2) is 5.96 Å². The maximum atomic E-state index is 5.96. The van der Waals surface area contributed by atoms with Gasteiger partial charge in [0.05, 0.1) is 6.54 Å². The average molecular weight is 376 g/mol. The molecule has 6 nitrogen and oxygen atoms in total. The lowest BCUT2D eigenvalue weighted by Crippen LogP contribution is -2.39. The van der Waals surface area contributed by atoms with Crippen LogP contribution in [-0.2, 0) is 15.9 Å². The summed E-state index contributed by atoms with van der Waals surface area (Å²) in [5, 5.41) is 6.69. The molecule has 1 atom stereocenters. The Hall–Kier alpha value is -1.79. The van der Waals surface area contributed by atoms with E-state index >= 15 is 0 Å². The van der Waals surface area contributed by atoms with E-state index in [1.165, 1.54) is 5.56 Å². The van der Waals surface area contributed by atoms with Crippen molar-refractivity contribution < 1.29 is 14.2 Å². The maximum Gasteiger partial charge on any atom is 0.191 e. The molecule has 2 aliphatic heterocycles. The second-order valence-corrected chi connectivity index (χ2v) is 7.18. The van der Waals surface area contributed by atoms with Crippen LogP contribution in [0.2, 0.25) is 0 Å². The Morgan fingerprint density at radius 2 is 2.07 bits per heavy atom. The highest BCUT2D eigenvalue weighted by Crippen LogP contribution is 2.28. The summed E-state index contributed by atoms with van der Waals surface area (Å²) in [6.07, 6.45) is 4.28. The molecule has 1 aromatic rings. The number of hydrogen-bond acceptors (Lipinski definition) is 4. The Balaban J connectivity index is 1.31. The van der Waals surface area contributed by atoms with Gasteiger partial charge < -0.3 is 24.8 Å². The summed E-state index contributed by atoms with van der Waals surface area (Å²) in [4.78, 5) is 4.68. The number of para-hydroxylation sites is 1. The fraction of sp³-hybridized carbons (Fsp3) is 0.667. The van der Waals surface area contributed by atoms with Gasteiger partial charge in [0.1, 0.15) is 11.9 Å². The molecule has 2 heterocycles. The van der Waals surface area contributed by atoms with E-state index in [2.05, 4.69) is 34.7 Å². The summed E-state index contributed by atoms with van der Waals surface area (Å²) in [5.41, 5.74) is 1.28. The molecular weight excluding hydrogens is 342 g/mol. The average Bonchev–Trinajstić information content (AvgIpc) is 3.12. The Kier molecular flexibility index (Phi) is 8.24. The number of hydrogen-bond donors (Lipinski definition) is 2. The molecule has 0 bridgehead atoms. The number of aliphatic imine (C=N–C) groups is 1. The van der Waals surface area contributed by atoms with E-state index in [1.807, 2.05) is 12.1 Å². The molecule has 6 heteroatoms. The molecular formula is C21H33N3O3. The van der Waals surface area contributed by atoms with Crippen LogP contribution < -0.4 is 15.4 Å². The van der Waals surface area contributed by atoms with Crippen LogP contribution in [-0.4, -0.2) is 58.1 Å². The van der Waals surface area contributed by atoms with E-state index in [4.69, 9.17) is 14.2 Å². The maximum absolute atomic E-state index is 5.96. The number of nitrogens with one attached hydrogen (secondary N) is 2. The summed E-state index contributed by atoms with van der Waals surface area (Å²) in [7, 11) is 0. The Morgan fingerprint density at radius 1 is 1.22 bits per heavy atom. The van der Waals surface area contributed by atoms with Crippen molar-refractivity contribution in [2.75, 3.05) is 46.1 Å². The first-order valence-electron chi connectivity index (χ1n) is 10.3. The molecule has 27 heavy (non-hydrogen) atoms. The van der Waals surface area contributed by atoms with Gasteiger partial charge in [-0.1, -0.05) is 18.2 Å². The molecule has 0 radical (unpaired) electrons. The van der Waals surface area contributed by atoms with Crippen molar-refractivity contribution in [1.29, 1.82) is 0 Å². The lowest BCUT2D eigenvalue weighted by Gasteiger charge is -2.21. The van der Waals surface area contributed by atoms with Gasteiger partial charge in [-0.05, 0) is 43.7 Å². The van der Waals surface area contributed by atoms with Crippen LogP contribution in [0.5, 0.6) is 5.75 Å². The van der Waals surface area contributed by atoms with E-state index in [0.717, 1.165) is 76.9 Å². The minimum Gasteiger partial charge on any atom is -0.488 e. The lowest BCUT2D eigenvalue weighted by molar-refractivity contribution is 0.0203. The van der Waals surface area contributed by atoms with Crippen molar-refractivity contribution in [2.45, 2.75) is 38.7 Å². The van der Waals surface area contributed by atoms with Crippen LogP contribution >= 0.6 is 0 Å². The summed E-state index contributed by atoms with van der Waals surface area (Å²) < 4.78 is 17.2. The first kappa shape index (κ1) is 20.0. The smallest absolute Gasteiger partial charge is 0.191 e. The molecule has 0 aromatic heterocycles. The zero-order chi connectivity index (χ0) is 18.7. The van der Waals surface area contributed by atoms with Crippen molar-refractivity contribution in [2.24, 2.45) is 10.9 Å². The molecule has 0 aliphatic carbocycles. The van der Waals surface area contributed by atoms with Crippen molar-refractivity contribution in [3.05, 3.63) is 29.8 Å². The van der Waals surface area contributed by atoms with Gasteiger partial charge in [-0.2, -0.15) is 0 Å². The Bertz CT molecular complexity index is 563. The van der Waals surface area contributed by atoms with Gasteiger partial charge in [0, 0.05) is 45.9 Å². The Labute approximate surface area is 162 Å². The van der Waals surface area contributed by atoms with Crippen LogP contribution in [0.25, 0.3) is 0 Å². The van der Waals surface area contributed by atoms with Crippen molar-refractivity contribution >= 4 is 5.96 Å². The van der Waals surface area contributed by atoms with Gasteiger partial charge >= 0.3 is 0 Å². The molecule has 0 amide bonds. The second kappa shape index (κ2) is 11.1. The number of benzene rings is 1. The lowest BCUT2D eigenvalue weighted by atomic mass is 10.0. The van der Waals surface area contributed by atoms with Crippen LogP contribution in [0.15, 0.2) is 29.3 Å². The first-order valence-corrected chi connectivity index (χ1v) is 10.3. The third-order valence-electron chi connectivity index (χ3n) is 4.96. The van der Waals surface area contributed by atoms with E-state index in [1.54, 1.807) is 0 Å². The van der Waals surface area contributed by atoms with Gasteiger partial charge in [-0.15, -0.1) is 0 Å². The Morgan fingerprint density at radius 3 is 2.89 bits per heavy atom. The molecule has 1 unspecified atom stereocenters. The molecule has 1 fully saturated rings. The van der Waals surface area contributed by atoms with Crippen LogP contribution in [0, 0.1) is 5.92 Å². The summed E-state index contributed by atoms with van der Waals surface area (Å²) >= 11 is 0. The van der Waals surface area contributed by atoms with Gasteiger partial charge in [0.25, 0.3) is 0 Å². The van der Waals surface area contributed by atoms with Crippen molar-refractivity contribution in [3.8, 4) is 5.75 Å². The van der Waals surface area contributed by atoms with Crippen LogP contribution in [0.1, 0.15) is 31.7 Å². The summed E-state index contributed by atoms with van der Waals surface area (Å²) in [5.74, 6) is 2.51. The van der Waals surface area contributed by atoms with E-state index in [9.17, 15) is 0 Å². The van der Waals surface area contributed by atoms with Gasteiger partial charge in [0.2, 0.25) is 0 Å². The zero-order valence-electron chi connectivity index (χ0n) is 16.4. The highest BCUT2D eigenvalue weighted by Gasteiger charge is 2.21. The van der Waals surface area contributed by atoms with Gasteiger partial charge in [-0.3, -0.25) is 0 Å². The predicted octanol–water partition coefficient (Wildman–Crippen LogP) is 2.38. The largest absolute Gasteiger partial charge is 0.488 e. The minimum atomic E-state index is 0.126.